The lowest BCUT2D eigenvalue weighted by Crippen LogP contribution is -2.11. The maximum atomic E-state index is 10.5. The van der Waals surface area contributed by atoms with E-state index in [0.29, 0.717) is 6.42 Å². The van der Waals surface area contributed by atoms with Gasteiger partial charge in [-0.3, -0.25) is 0 Å². The van der Waals surface area contributed by atoms with Gasteiger partial charge in [0.2, 0.25) is 0 Å². The molecule has 0 aromatic rings. The molecule has 0 heterocycles. The van der Waals surface area contributed by atoms with Gasteiger partial charge in [-0.05, 0) is 20.3 Å². The molecule has 0 aliphatic heterocycles. The highest BCUT2D eigenvalue weighted by Gasteiger charge is 2.04. The summed E-state index contributed by atoms with van der Waals surface area (Å²) in [5, 5.41) is 0. The first kappa shape index (κ1) is 9.27. The molecule has 3 nitrogen and oxygen atoms in total. The largest absolute Gasteiger partial charge is 0.508 e. The predicted octanol–water partition coefficient (Wildman–Crippen LogP) is 2.12. The quantitative estimate of drug-likeness (QED) is 0.570. The van der Waals surface area contributed by atoms with Crippen molar-refractivity contribution in [2.24, 2.45) is 0 Å². The Bertz CT molecular complexity index is 99.0. The molecule has 0 unspecified atom stereocenters. The molecule has 0 aliphatic rings. The zero-order valence-corrected chi connectivity index (χ0v) is 6.59. The van der Waals surface area contributed by atoms with Gasteiger partial charge < -0.3 is 9.47 Å². The third-order valence-corrected chi connectivity index (χ3v) is 0.678. The van der Waals surface area contributed by atoms with Crippen molar-refractivity contribution in [3.8, 4) is 0 Å². The van der Waals surface area contributed by atoms with Gasteiger partial charge in [-0.25, -0.2) is 4.79 Å². The fraction of sp³-hybridized carbons (Fsp3) is 0.714. The van der Waals surface area contributed by atoms with E-state index >= 15 is 0 Å². The van der Waals surface area contributed by atoms with Gasteiger partial charge in [0.15, 0.2) is 0 Å². The number of carbonyl (C=O) groups excluding carboxylic acids is 1. The minimum absolute atomic E-state index is 0.113. The lowest BCUT2D eigenvalue weighted by atomic mass is 10.5. The summed E-state index contributed by atoms with van der Waals surface area (Å²) >= 11 is 0. The second kappa shape index (κ2) is 5.09. The number of ether oxygens (including phenoxy) is 2. The fourth-order valence-corrected chi connectivity index (χ4v) is 0.372. The van der Waals surface area contributed by atoms with E-state index in [-0.39, 0.29) is 6.10 Å². The Hall–Kier alpha value is -0.730. The molecule has 0 saturated carbocycles. The second-order valence-electron chi connectivity index (χ2n) is 2.11. The van der Waals surface area contributed by atoms with Crippen molar-refractivity contribution in [3.05, 3.63) is 6.61 Å². The molecular formula is C7H13O3. The Morgan fingerprint density at radius 3 is 2.60 bits per heavy atom. The van der Waals surface area contributed by atoms with E-state index in [1.807, 2.05) is 6.92 Å². The zero-order valence-electron chi connectivity index (χ0n) is 6.59. The van der Waals surface area contributed by atoms with Gasteiger partial charge in [-0.1, -0.05) is 6.92 Å². The van der Waals surface area contributed by atoms with Crippen LogP contribution in [0.15, 0.2) is 0 Å². The molecule has 0 saturated heterocycles. The molecule has 0 fully saturated rings. The SMILES string of the molecule is CC[CH]OC(=O)OC(C)C. The molecule has 0 atom stereocenters. The highest BCUT2D eigenvalue weighted by molar-refractivity contribution is 5.60. The smallest absolute Gasteiger partial charge is 0.432 e. The molecule has 0 N–H and O–H groups in total. The first-order valence-corrected chi connectivity index (χ1v) is 3.35. The van der Waals surface area contributed by atoms with Crippen LogP contribution in [-0.4, -0.2) is 12.3 Å². The number of hydrogen-bond donors (Lipinski definition) is 0. The standard InChI is InChI=1S/C7H13O3/c1-4-5-9-7(8)10-6(2)3/h5-6H,4H2,1-3H3. The Labute approximate surface area is 61.3 Å². The van der Waals surface area contributed by atoms with Crippen molar-refractivity contribution in [1.29, 1.82) is 0 Å². The molecule has 0 amide bonds. The van der Waals surface area contributed by atoms with E-state index in [9.17, 15) is 4.79 Å². The molecule has 10 heavy (non-hydrogen) atoms. The zero-order chi connectivity index (χ0) is 7.98. The number of hydrogen-bond acceptors (Lipinski definition) is 3. The molecule has 0 aromatic heterocycles. The van der Waals surface area contributed by atoms with Crippen LogP contribution >= 0.6 is 0 Å². The maximum absolute atomic E-state index is 10.5. The summed E-state index contributed by atoms with van der Waals surface area (Å²) in [4.78, 5) is 10.5. The van der Waals surface area contributed by atoms with Gasteiger partial charge in [0.25, 0.3) is 0 Å². The Morgan fingerprint density at radius 1 is 1.60 bits per heavy atom. The van der Waals surface area contributed by atoms with Crippen molar-refractivity contribution in [1.82, 2.24) is 0 Å². The van der Waals surface area contributed by atoms with Crippen LogP contribution in [0.3, 0.4) is 0 Å². The molecule has 3 heteroatoms. The molecule has 0 rings (SSSR count). The summed E-state index contributed by atoms with van der Waals surface area (Å²) < 4.78 is 9.18. The van der Waals surface area contributed by atoms with Gasteiger partial charge in [0.05, 0.1) is 6.10 Å². The van der Waals surface area contributed by atoms with Gasteiger partial charge in [0.1, 0.15) is 6.61 Å². The third-order valence-electron chi connectivity index (χ3n) is 0.678. The Morgan fingerprint density at radius 2 is 2.20 bits per heavy atom. The molecule has 0 aromatic carbocycles. The molecule has 0 bridgehead atoms. The van der Waals surface area contributed by atoms with Crippen molar-refractivity contribution in [2.75, 3.05) is 0 Å². The van der Waals surface area contributed by atoms with Gasteiger partial charge >= 0.3 is 6.16 Å². The van der Waals surface area contributed by atoms with Gasteiger partial charge in [-0.15, -0.1) is 0 Å². The summed E-state index contributed by atoms with van der Waals surface area (Å²) in [6, 6.07) is 0. The second-order valence-corrected chi connectivity index (χ2v) is 2.11. The molecule has 59 valence electrons. The van der Waals surface area contributed by atoms with Crippen LogP contribution in [0, 0.1) is 6.61 Å². The monoisotopic (exact) mass is 145 g/mol. The van der Waals surface area contributed by atoms with E-state index in [0.717, 1.165) is 0 Å². The Balaban J connectivity index is 3.26. The number of rotatable bonds is 3. The predicted molar refractivity (Wildman–Crippen MR) is 37.3 cm³/mol. The van der Waals surface area contributed by atoms with E-state index in [4.69, 9.17) is 0 Å². The summed E-state index contributed by atoms with van der Waals surface area (Å²) in [5.41, 5.74) is 0. The van der Waals surface area contributed by atoms with E-state index < -0.39 is 6.16 Å². The maximum Gasteiger partial charge on any atom is 0.508 e. The molecule has 1 radical (unpaired) electrons. The molecule has 0 spiro atoms. The molecular weight excluding hydrogens is 132 g/mol. The van der Waals surface area contributed by atoms with Crippen LogP contribution in [0.25, 0.3) is 0 Å². The van der Waals surface area contributed by atoms with Crippen molar-refractivity contribution < 1.29 is 14.3 Å². The van der Waals surface area contributed by atoms with Crippen molar-refractivity contribution in [2.45, 2.75) is 33.3 Å². The lowest BCUT2D eigenvalue weighted by Gasteiger charge is -2.06. The van der Waals surface area contributed by atoms with Crippen LogP contribution < -0.4 is 0 Å². The summed E-state index contributed by atoms with van der Waals surface area (Å²) in [6.45, 7) is 6.83. The summed E-state index contributed by atoms with van der Waals surface area (Å²) in [6.07, 6.45) is -0.0395. The first-order valence-electron chi connectivity index (χ1n) is 3.35. The van der Waals surface area contributed by atoms with Crippen LogP contribution in [0.1, 0.15) is 27.2 Å². The highest BCUT2D eigenvalue weighted by Crippen LogP contribution is 1.95. The van der Waals surface area contributed by atoms with Crippen molar-refractivity contribution >= 4 is 6.16 Å². The van der Waals surface area contributed by atoms with Crippen LogP contribution in [0.4, 0.5) is 4.79 Å². The average molecular weight is 145 g/mol. The Kier molecular flexibility index (Phi) is 4.72. The topological polar surface area (TPSA) is 35.5 Å². The molecule has 0 aliphatic carbocycles. The van der Waals surface area contributed by atoms with E-state index in [1.54, 1.807) is 13.8 Å². The minimum Gasteiger partial charge on any atom is -0.432 e. The van der Waals surface area contributed by atoms with Crippen LogP contribution in [0.5, 0.6) is 0 Å². The van der Waals surface area contributed by atoms with Crippen LogP contribution in [0.2, 0.25) is 0 Å². The normalized spacial score (nSPS) is 9.60. The van der Waals surface area contributed by atoms with Gasteiger partial charge in [0, 0.05) is 0 Å². The van der Waals surface area contributed by atoms with Gasteiger partial charge in [-0.2, -0.15) is 0 Å². The highest BCUT2D eigenvalue weighted by atomic mass is 16.7. The van der Waals surface area contributed by atoms with E-state index in [2.05, 4.69) is 9.47 Å². The van der Waals surface area contributed by atoms with E-state index in [1.165, 1.54) is 6.61 Å². The third kappa shape index (κ3) is 5.41. The van der Waals surface area contributed by atoms with Crippen molar-refractivity contribution in [3.63, 3.8) is 0 Å². The van der Waals surface area contributed by atoms with Crippen LogP contribution in [-0.2, 0) is 9.47 Å². The minimum atomic E-state index is -0.628. The first-order chi connectivity index (χ1) is 4.66. The summed E-state index contributed by atoms with van der Waals surface area (Å²) in [5.74, 6) is 0. The summed E-state index contributed by atoms with van der Waals surface area (Å²) in [7, 11) is 0. The fourth-order valence-electron chi connectivity index (χ4n) is 0.372. The average Bonchev–Trinajstić information content (AvgIpc) is 1.82. The number of carbonyl (C=O) groups is 1. The lowest BCUT2D eigenvalue weighted by molar-refractivity contribution is 0.0497.